The minimum Gasteiger partial charge on any atom is -0.406 e. The van der Waals surface area contributed by atoms with Crippen LogP contribution >= 0.6 is 23.5 Å². The number of thioether (sulfide) groups is 2. The highest BCUT2D eigenvalue weighted by Gasteiger charge is 2.41. The molecule has 260 valence electrons. The number of aliphatic hydroxyl groups is 1. The maximum Gasteiger partial charge on any atom is 0.573 e. The minimum atomic E-state index is -4.75. The van der Waals surface area contributed by atoms with E-state index in [2.05, 4.69) is 67.6 Å². The van der Waals surface area contributed by atoms with Gasteiger partial charge < -0.3 is 9.84 Å². The number of anilines is 1. The number of benzene rings is 3. The van der Waals surface area contributed by atoms with E-state index in [0.717, 1.165) is 38.9 Å². The Labute approximate surface area is 293 Å². The Morgan fingerprint density at radius 1 is 1.06 bits per heavy atom. The number of hydrogen-bond donors (Lipinski definition) is 1. The lowest BCUT2D eigenvalue weighted by atomic mass is 9.98. The van der Waals surface area contributed by atoms with Crippen LogP contribution in [-0.2, 0) is 6.42 Å². The van der Waals surface area contributed by atoms with Gasteiger partial charge in [-0.15, -0.1) is 18.3 Å². The lowest BCUT2D eigenvalue weighted by Crippen LogP contribution is -2.45. The third-order valence-corrected chi connectivity index (χ3v) is 10.2. The molecule has 1 aliphatic heterocycles. The fourth-order valence-electron chi connectivity index (χ4n) is 5.17. The Kier molecular flexibility index (Phi) is 11.5. The number of aromatic nitrogens is 3. The van der Waals surface area contributed by atoms with Crippen LogP contribution in [0, 0.1) is 12.8 Å². The molecule has 8 nitrogen and oxygen atoms in total. The van der Waals surface area contributed by atoms with E-state index in [1.54, 1.807) is 23.5 Å². The molecule has 0 saturated carbocycles. The highest BCUT2D eigenvalue weighted by atomic mass is 32.2. The molecule has 5 rings (SSSR count). The summed E-state index contributed by atoms with van der Waals surface area (Å²) in [5.74, 6) is 2.31. The zero-order valence-electron chi connectivity index (χ0n) is 28.4. The summed E-state index contributed by atoms with van der Waals surface area (Å²) >= 11 is 3.18. The maximum absolute atomic E-state index is 12.5. The lowest BCUT2D eigenvalue weighted by Gasteiger charge is -2.33. The van der Waals surface area contributed by atoms with Crippen molar-refractivity contribution in [3.05, 3.63) is 89.7 Å². The van der Waals surface area contributed by atoms with Crippen LogP contribution in [0.3, 0.4) is 0 Å². The number of aryl methyl sites for hydroxylation is 1. The van der Waals surface area contributed by atoms with Gasteiger partial charge in [-0.3, -0.25) is 9.89 Å². The third kappa shape index (κ3) is 9.67. The van der Waals surface area contributed by atoms with E-state index < -0.39 is 12.1 Å². The van der Waals surface area contributed by atoms with Gasteiger partial charge in [0.15, 0.2) is 21.9 Å². The molecule has 1 aromatic heterocycles. The topological polar surface area (TPSA) is 88.1 Å². The van der Waals surface area contributed by atoms with Gasteiger partial charge in [-0.2, -0.15) is 4.99 Å². The van der Waals surface area contributed by atoms with Crippen molar-refractivity contribution in [1.82, 2.24) is 14.8 Å². The Hall–Kier alpha value is -3.81. The molecular weight excluding hydrogens is 670 g/mol. The monoisotopic (exact) mass is 710 g/mol. The van der Waals surface area contributed by atoms with E-state index in [0.29, 0.717) is 41.3 Å². The first-order valence-corrected chi connectivity index (χ1v) is 18.0. The predicted molar refractivity (Wildman–Crippen MR) is 195 cm³/mol. The van der Waals surface area contributed by atoms with Gasteiger partial charge in [-0.05, 0) is 79.1 Å². The van der Waals surface area contributed by atoms with Crippen molar-refractivity contribution in [1.29, 1.82) is 0 Å². The molecular formula is C36H41F3N6O2S2. The Morgan fingerprint density at radius 2 is 1.78 bits per heavy atom. The molecule has 2 heterocycles. The summed E-state index contributed by atoms with van der Waals surface area (Å²) in [7, 11) is 0. The molecule has 13 heteroatoms. The van der Waals surface area contributed by atoms with Crippen LogP contribution in [0.5, 0.6) is 5.75 Å². The lowest BCUT2D eigenvalue weighted by molar-refractivity contribution is -0.274. The molecule has 1 fully saturated rings. The van der Waals surface area contributed by atoms with Gasteiger partial charge in [0.25, 0.3) is 0 Å². The second kappa shape index (κ2) is 15.4. The molecule has 1 saturated heterocycles. The molecule has 0 bridgehead atoms. The normalized spacial score (nSPS) is 17.9. The van der Waals surface area contributed by atoms with Gasteiger partial charge in [0.1, 0.15) is 12.1 Å². The number of hydrogen-bond acceptors (Lipinski definition) is 7. The fourth-order valence-corrected chi connectivity index (χ4v) is 7.16. The summed E-state index contributed by atoms with van der Waals surface area (Å²) < 4.78 is 42.9. The number of nitrogens with zero attached hydrogens (tertiary/aromatic N) is 6. The largest absolute Gasteiger partial charge is 0.573 e. The van der Waals surface area contributed by atoms with Crippen LogP contribution < -0.4 is 9.64 Å². The molecule has 3 aromatic carbocycles. The van der Waals surface area contributed by atoms with Crippen LogP contribution in [-0.4, -0.2) is 60.3 Å². The van der Waals surface area contributed by atoms with Crippen molar-refractivity contribution in [2.75, 3.05) is 23.0 Å². The van der Waals surface area contributed by atoms with Gasteiger partial charge in [-0.1, -0.05) is 87.6 Å². The first kappa shape index (κ1) is 36.5. The summed E-state index contributed by atoms with van der Waals surface area (Å²) in [6.45, 7) is 13.1. The Balaban J connectivity index is 1.29. The Bertz CT molecular complexity index is 1790. The quantitative estimate of drug-likeness (QED) is 0.130. The zero-order chi connectivity index (χ0) is 35.3. The smallest absolute Gasteiger partial charge is 0.406 e. The van der Waals surface area contributed by atoms with Crippen molar-refractivity contribution in [2.24, 2.45) is 15.9 Å². The van der Waals surface area contributed by atoms with E-state index in [1.165, 1.54) is 35.3 Å². The average molecular weight is 711 g/mol. The van der Waals surface area contributed by atoms with Crippen LogP contribution in [0.25, 0.3) is 17.1 Å². The molecule has 1 aliphatic rings. The van der Waals surface area contributed by atoms with Crippen LogP contribution in [0.2, 0.25) is 0 Å². The van der Waals surface area contributed by atoms with Crippen LogP contribution in [0.15, 0.2) is 83.0 Å². The summed E-state index contributed by atoms with van der Waals surface area (Å²) in [6.07, 6.45) is -2.53. The number of alkyl halides is 3. The first-order chi connectivity index (χ1) is 23.2. The zero-order valence-corrected chi connectivity index (χ0v) is 30.0. The van der Waals surface area contributed by atoms with E-state index in [9.17, 15) is 18.3 Å². The molecule has 1 unspecified atom stereocenters. The molecule has 1 atom stereocenters. The average Bonchev–Trinajstić information content (AvgIpc) is 3.63. The van der Waals surface area contributed by atoms with Crippen LogP contribution in [0.1, 0.15) is 57.2 Å². The summed E-state index contributed by atoms with van der Waals surface area (Å²) in [4.78, 5) is 16.3. The molecule has 0 aliphatic carbocycles. The van der Waals surface area contributed by atoms with Crippen molar-refractivity contribution < 1.29 is 23.0 Å². The van der Waals surface area contributed by atoms with E-state index >= 15 is 0 Å². The number of amidine groups is 2. The van der Waals surface area contributed by atoms with Crippen molar-refractivity contribution in [3.8, 4) is 22.8 Å². The van der Waals surface area contributed by atoms with Gasteiger partial charge >= 0.3 is 6.36 Å². The van der Waals surface area contributed by atoms with Gasteiger partial charge in [0, 0.05) is 29.3 Å². The maximum atomic E-state index is 12.5. The molecule has 4 aromatic rings. The first-order valence-electron chi connectivity index (χ1n) is 16.1. The predicted octanol–water partition coefficient (Wildman–Crippen LogP) is 8.87. The molecule has 49 heavy (non-hydrogen) atoms. The number of halogens is 3. The van der Waals surface area contributed by atoms with Gasteiger partial charge in [0.05, 0.1) is 5.69 Å². The molecule has 0 spiro atoms. The molecule has 1 N–H and O–H groups in total. The number of aliphatic imine (C=N–C) groups is 2. The number of ether oxygens (including phenoxy) is 1. The molecule has 0 amide bonds. The SMILES string of the molecule is Cc1ccc(C(C)C)c(N2C(=NC(=NCCc3ccc(-c4ncn(-c5ccc(OC(F)(F)F)cc5)n4)cc3)SCC(C)C)SCC2(C)O)c1. The summed E-state index contributed by atoms with van der Waals surface area (Å²) in [5, 5.41) is 17.4. The van der Waals surface area contributed by atoms with E-state index in [4.69, 9.17) is 9.98 Å². The van der Waals surface area contributed by atoms with Crippen molar-refractivity contribution in [3.63, 3.8) is 0 Å². The highest BCUT2D eigenvalue weighted by Crippen LogP contribution is 2.40. The second-order valence-electron chi connectivity index (χ2n) is 12.8. The third-order valence-electron chi connectivity index (χ3n) is 7.62. The van der Waals surface area contributed by atoms with Crippen molar-refractivity contribution >= 4 is 39.5 Å². The Morgan fingerprint density at radius 3 is 2.43 bits per heavy atom. The molecule has 0 radical (unpaired) electrons. The van der Waals surface area contributed by atoms with E-state index in [1.807, 2.05) is 36.1 Å². The highest BCUT2D eigenvalue weighted by molar-refractivity contribution is 8.15. The van der Waals surface area contributed by atoms with Gasteiger partial charge in [0.2, 0.25) is 0 Å². The summed E-state index contributed by atoms with van der Waals surface area (Å²) in [6, 6.07) is 19.7. The fraction of sp³-hybridized carbons (Fsp3) is 0.389. The van der Waals surface area contributed by atoms with Crippen molar-refractivity contribution in [2.45, 2.75) is 66.0 Å². The standard InChI is InChI=1S/C36H41F3N6O2S2/c1-23(2)20-48-33(42-34-45(35(6,46)21-49-34)31-19-25(5)7-16-30(31)24(3)4)40-18-17-26-8-10-27(11-9-26)32-41-22-44(43-32)28-12-14-29(15-13-28)47-36(37,38)39/h7-16,19,22-24,46H,17-18,20-21H2,1-6H3. The van der Waals surface area contributed by atoms with Gasteiger partial charge in [-0.25, -0.2) is 9.67 Å². The number of rotatable bonds is 10. The second-order valence-corrected chi connectivity index (χ2v) is 14.8. The van der Waals surface area contributed by atoms with E-state index in [-0.39, 0.29) is 11.7 Å². The minimum absolute atomic E-state index is 0.280. The van der Waals surface area contributed by atoms with Crippen LogP contribution in [0.4, 0.5) is 18.9 Å². The summed E-state index contributed by atoms with van der Waals surface area (Å²) in [5.41, 5.74) is 4.63.